The van der Waals surface area contributed by atoms with Crippen LogP contribution in [0.15, 0.2) is 53.2 Å². The average molecular weight is 347 g/mol. The predicted molar refractivity (Wildman–Crippen MR) is 99.1 cm³/mol. The van der Waals surface area contributed by atoms with Crippen molar-refractivity contribution in [3.8, 4) is 23.8 Å². The first-order valence-electron chi connectivity index (χ1n) is 7.95. The number of ether oxygens (including phenoxy) is 3. The second-order valence-electron chi connectivity index (χ2n) is 5.55. The number of carbonyl (C=O) groups is 1. The van der Waals surface area contributed by atoms with E-state index in [1.807, 2.05) is 31.2 Å². The van der Waals surface area contributed by atoms with Gasteiger partial charge in [-0.15, -0.1) is 6.42 Å². The summed E-state index contributed by atoms with van der Waals surface area (Å²) < 4.78 is 16.0. The van der Waals surface area contributed by atoms with Gasteiger partial charge in [0.15, 0.2) is 17.2 Å². The quantitative estimate of drug-likeness (QED) is 0.473. The molecule has 1 aliphatic rings. The molecule has 0 spiro atoms. The summed E-state index contributed by atoms with van der Waals surface area (Å²) in [5, 5.41) is 0. The van der Waals surface area contributed by atoms with E-state index >= 15 is 0 Å². The van der Waals surface area contributed by atoms with Gasteiger partial charge in [-0.05, 0) is 42.3 Å². The molecule has 0 N–H and O–H groups in total. The van der Waals surface area contributed by atoms with Crippen LogP contribution in [0.3, 0.4) is 0 Å². The Bertz CT molecular complexity index is 951. The van der Waals surface area contributed by atoms with E-state index in [1.165, 1.54) is 7.11 Å². The van der Waals surface area contributed by atoms with Crippen LogP contribution in [0.2, 0.25) is 0 Å². The largest absolute Gasteiger partial charge is 0.493 e. The second kappa shape index (κ2) is 7.58. The van der Waals surface area contributed by atoms with Crippen molar-refractivity contribution in [1.82, 2.24) is 0 Å². The fourth-order valence-electron chi connectivity index (χ4n) is 2.51. The van der Waals surface area contributed by atoms with Gasteiger partial charge in [0.2, 0.25) is 5.90 Å². The standard InChI is InChI=1S/C21H17NO4/c1-4-11-25-18-10-9-15(13-19(18)24-3)12-17-21(23)26-20(22-17)16-8-6-5-7-14(16)2/h1,5-10,12-13H,11H2,2-3H3/b17-12+. The van der Waals surface area contributed by atoms with E-state index in [1.54, 1.807) is 24.3 Å². The Morgan fingerprint density at radius 3 is 2.77 bits per heavy atom. The Labute approximate surface area is 151 Å². The summed E-state index contributed by atoms with van der Waals surface area (Å²) in [6.07, 6.45) is 6.84. The van der Waals surface area contributed by atoms with E-state index in [0.29, 0.717) is 17.4 Å². The highest BCUT2D eigenvalue weighted by molar-refractivity contribution is 6.13. The molecule has 5 heteroatoms. The Balaban J connectivity index is 1.91. The van der Waals surface area contributed by atoms with E-state index in [0.717, 1.165) is 16.7 Å². The van der Waals surface area contributed by atoms with Gasteiger partial charge in [0.25, 0.3) is 0 Å². The van der Waals surface area contributed by atoms with Gasteiger partial charge in [-0.2, -0.15) is 0 Å². The number of terminal acetylenes is 1. The van der Waals surface area contributed by atoms with E-state index in [-0.39, 0.29) is 12.3 Å². The molecule has 0 amide bonds. The molecule has 1 aliphatic heterocycles. The zero-order valence-electron chi connectivity index (χ0n) is 14.5. The lowest BCUT2D eigenvalue weighted by Gasteiger charge is -2.09. The molecule has 0 saturated heterocycles. The van der Waals surface area contributed by atoms with Crippen molar-refractivity contribution in [2.45, 2.75) is 6.92 Å². The van der Waals surface area contributed by atoms with Gasteiger partial charge in [-0.25, -0.2) is 9.79 Å². The van der Waals surface area contributed by atoms with Gasteiger partial charge in [0.05, 0.1) is 7.11 Å². The Morgan fingerprint density at radius 1 is 1.23 bits per heavy atom. The molecule has 0 unspecified atom stereocenters. The van der Waals surface area contributed by atoms with Crippen molar-refractivity contribution in [2.24, 2.45) is 4.99 Å². The van der Waals surface area contributed by atoms with Gasteiger partial charge in [0, 0.05) is 5.56 Å². The normalized spacial score (nSPS) is 14.6. The molecule has 0 atom stereocenters. The smallest absolute Gasteiger partial charge is 0.363 e. The first kappa shape index (κ1) is 17.3. The van der Waals surface area contributed by atoms with Crippen molar-refractivity contribution in [1.29, 1.82) is 0 Å². The number of hydrogen-bond acceptors (Lipinski definition) is 5. The lowest BCUT2D eigenvalue weighted by molar-refractivity contribution is -0.129. The molecule has 0 aliphatic carbocycles. The number of benzene rings is 2. The van der Waals surface area contributed by atoms with Gasteiger partial charge in [-0.3, -0.25) is 0 Å². The molecule has 5 nitrogen and oxygen atoms in total. The van der Waals surface area contributed by atoms with E-state index < -0.39 is 5.97 Å². The topological polar surface area (TPSA) is 57.1 Å². The molecule has 2 aromatic carbocycles. The van der Waals surface area contributed by atoms with Crippen molar-refractivity contribution in [2.75, 3.05) is 13.7 Å². The minimum Gasteiger partial charge on any atom is -0.493 e. The van der Waals surface area contributed by atoms with Crippen LogP contribution >= 0.6 is 0 Å². The highest BCUT2D eigenvalue weighted by Gasteiger charge is 2.25. The molecule has 26 heavy (non-hydrogen) atoms. The van der Waals surface area contributed by atoms with Gasteiger partial charge in [0.1, 0.15) is 6.61 Å². The minimum atomic E-state index is -0.491. The lowest BCUT2D eigenvalue weighted by Crippen LogP contribution is -2.06. The zero-order valence-corrected chi connectivity index (χ0v) is 14.5. The second-order valence-corrected chi connectivity index (χ2v) is 5.55. The van der Waals surface area contributed by atoms with Crippen molar-refractivity contribution in [3.05, 3.63) is 64.9 Å². The maximum atomic E-state index is 12.2. The molecule has 0 saturated carbocycles. The number of nitrogens with zero attached hydrogens (tertiary/aromatic N) is 1. The first-order chi connectivity index (χ1) is 12.6. The van der Waals surface area contributed by atoms with Gasteiger partial charge >= 0.3 is 5.97 Å². The van der Waals surface area contributed by atoms with Crippen LogP contribution in [0.25, 0.3) is 6.08 Å². The number of cyclic esters (lactones) is 1. The number of rotatable bonds is 5. The highest BCUT2D eigenvalue weighted by Crippen LogP contribution is 2.29. The maximum absolute atomic E-state index is 12.2. The summed E-state index contributed by atoms with van der Waals surface area (Å²) in [7, 11) is 1.53. The molecular formula is C21H17NO4. The van der Waals surface area contributed by atoms with Gasteiger partial charge in [-0.1, -0.05) is 30.2 Å². The van der Waals surface area contributed by atoms with Crippen LogP contribution in [0.1, 0.15) is 16.7 Å². The summed E-state index contributed by atoms with van der Waals surface area (Å²) in [6.45, 7) is 2.08. The number of hydrogen-bond donors (Lipinski definition) is 0. The van der Waals surface area contributed by atoms with E-state index in [9.17, 15) is 4.79 Å². The molecule has 0 fully saturated rings. The predicted octanol–water partition coefficient (Wildman–Crippen LogP) is 3.36. The summed E-state index contributed by atoms with van der Waals surface area (Å²) in [5.41, 5.74) is 2.73. The highest BCUT2D eigenvalue weighted by atomic mass is 16.6. The van der Waals surface area contributed by atoms with Crippen molar-refractivity contribution in [3.63, 3.8) is 0 Å². The third-order valence-electron chi connectivity index (χ3n) is 3.80. The molecule has 2 aromatic rings. The Hall–Kier alpha value is -3.52. The van der Waals surface area contributed by atoms with Crippen LogP contribution in [-0.4, -0.2) is 25.6 Å². The van der Waals surface area contributed by atoms with Crippen molar-refractivity contribution < 1.29 is 19.0 Å². The van der Waals surface area contributed by atoms with Gasteiger partial charge < -0.3 is 14.2 Å². The molecule has 1 heterocycles. The number of carbonyl (C=O) groups excluding carboxylic acids is 1. The zero-order chi connectivity index (χ0) is 18.5. The average Bonchev–Trinajstić information content (AvgIpc) is 3.01. The lowest BCUT2D eigenvalue weighted by atomic mass is 10.1. The van der Waals surface area contributed by atoms with Crippen LogP contribution in [-0.2, 0) is 9.53 Å². The van der Waals surface area contributed by atoms with E-state index in [4.69, 9.17) is 20.6 Å². The molecule has 130 valence electrons. The first-order valence-corrected chi connectivity index (χ1v) is 7.95. The monoisotopic (exact) mass is 347 g/mol. The number of aryl methyl sites for hydroxylation is 1. The molecule has 0 aromatic heterocycles. The number of aliphatic imine (C=N–C) groups is 1. The molecule has 0 radical (unpaired) electrons. The van der Waals surface area contributed by atoms with Crippen LogP contribution in [0, 0.1) is 19.3 Å². The summed E-state index contributed by atoms with van der Waals surface area (Å²) in [6, 6.07) is 12.9. The van der Waals surface area contributed by atoms with E-state index in [2.05, 4.69) is 10.9 Å². The number of esters is 1. The maximum Gasteiger partial charge on any atom is 0.363 e. The fraction of sp³-hybridized carbons (Fsp3) is 0.143. The third-order valence-corrected chi connectivity index (χ3v) is 3.80. The molecule has 0 bridgehead atoms. The molecular weight excluding hydrogens is 330 g/mol. The summed E-state index contributed by atoms with van der Waals surface area (Å²) >= 11 is 0. The fourth-order valence-corrected chi connectivity index (χ4v) is 2.51. The Kier molecular flexibility index (Phi) is 5.04. The van der Waals surface area contributed by atoms with Crippen LogP contribution in [0.5, 0.6) is 11.5 Å². The minimum absolute atomic E-state index is 0.146. The number of methoxy groups -OCH3 is 1. The van der Waals surface area contributed by atoms with Crippen LogP contribution < -0.4 is 9.47 Å². The molecule has 3 rings (SSSR count). The SMILES string of the molecule is C#CCOc1ccc(/C=C2/N=C(c3ccccc3C)OC2=O)cc1OC. The van der Waals surface area contributed by atoms with Crippen LogP contribution in [0.4, 0.5) is 0 Å². The summed E-state index contributed by atoms with van der Waals surface area (Å²) in [4.78, 5) is 16.5. The Morgan fingerprint density at radius 2 is 2.04 bits per heavy atom. The summed E-state index contributed by atoms with van der Waals surface area (Å²) in [5.74, 6) is 3.27. The van der Waals surface area contributed by atoms with Crippen molar-refractivity contribution >= 4 is 17.9 Å². The third kappa shape index (κ3) is 3.60.